The van der Waals surface area contributed by atoms with E-state index in [4.69, 9.17) is 0 Å². The van der Waals surface area contributed by atoms with E-state index in [0.717, 1.165) is 35.9 Å². The van der Waals surface area contributed by atoms with Crippen LogP contribution in [0.25, 0.3) is 17.0 Å². The molecule has 1 saturated carbocycles. The summed E-state index contributed by atoms with van der Waals surface area (Å²) in [6, 6.07) is 18.8. The Labute approximate surface area is 158 Å². The monoisotopic (exact) mass is 355 g/mol. The van der Waals surface area contributed by atoms with Crippen LogP contribution in [0, 0.1) is 18.3 Å². The average Bonchev–Trinajstić information content (AvgIpc) is 3.43. The van der Waals surface area contributed by atoms with Gasteiger partial charge in [-0.2, -0.15) is 5.26 Å². The van der Waals surface area contributed by atoms with Gasteiger partial charge in [0.25, 0.3) is 5.91 Å². The largest absolute Gasteiger partial charge is 0.349 e. The topological polar surface area (TPSA) is 57.8 Å². The third-order valence-electron chi connectivity index (χ3n) is 4.87. The highest BCUT2D eigenvalue weighted by Crippen LogP contribution is 2.25. The number of aryl methyl sites for hydroxylation is 1. The lowest BCUT2D eigenvalue weighted by atomic mass is 10.1. The molecule has 1 N–H and O–H groups in total. The van der Waals surface area contributed by atoms with E-state index in [1.54, 1.807) is 6.08 Å². The number of rotatable bonds is 5. The number of nitrogens with zero attached hydrogens (tertiary/aromatic N) is 2. The summed E-state index contributed by atoms with van der Waals surface area (Å²) in [7, 11) is 0. The van der Waals surface area contributed by atoms with E-state index < -0.39 is 0 Å². The van der Waals surface area contributed by atoms with Gasteiger partial charge in [-0.3, -0.25) is 4.79 Å². The maximum atomic E-state index is 12.3. The van der Waals surface area contributed by atoms with E-state index >= 15 is 0 Å². The third kappa shape index (κ3) is 3.78. The summed E-state index contributed by atoms with van der Waals surface area (Å²) in [6.45, 7) is 2.82. The van der Waals surface area contributed by atoms with Gasteiger partial charge >= 0.3 is 0 Å². The van der Waals surface area contributed by atoms with Crippen molar-refractivity contribution < 1.29 is 4.79 Å². The zero-order chi connectivity index (χ0) is 18.8. The minimum atomic E-state index is -0.282. The molecule has 0 atom stereocenters. The first kappa shape index (κ1) is 17.1. The summed E-state index contributed by atoms with van der Waals surface area (Å²) < 4.78 is 2.17. The molecule has 1 aliphatic rings. The lowest BCUT2D eigenvalue weighted by Crippen LogP contribution is -2.26. The van der Waals surface area contributed by atoms with Crippen molar-refractivity contribution in [2.75, 3.05) is 0 Å². The van der Waals surface area contributed by atoms with Gasteiger partial charge < -0.3 is 9.88 Å². The van der Waals surface area contributed by atoms with E-state index in [9.17, 15) is 10.1 Å². The van der Waals surface area contributed by atoms with Crippen molar-refractivity contribution in [1.82, 2.24) is 9.88 Å². The van der Waals surface area contributed by atoms with Crippen LogP contribution in [-0.4, -0.2) is 16.5 Å². The summed E-state index contributed by atoms with van der Waals surface area (Å²) in [4.78, 5) is 12.3. The number of carbonyl (C=O) groups is 1. The fourth-order valence-electron chi connectivity index (χ4n) is 3.21. The van der Waals surface area contributed by atoms with E-state index in [0.29, 0.717) is 0 Å². The maximum Gasteiger partial charge on any atom is 0.262 e. The van der Waals surface area contributed by atoms with Gasteiger partial charge in [-0.1, -0.05) is 48.0 Å². The van der Waals surface area contributed by atoms with Crippen LogP contribution < -0.4 is 5.32 Å². The molecule has 1 fully saturated rings. The second-order valence-corrected chi connectivity index (χ2v) is 7.13. The number of nitrogens with one attached hydrogen (secondary N) is 1. The molecule has 0 radical (unpaired) electrons. The van der Waals surface area contributed by atoms with Crippen molar-refractivity contribution >= 4 is 22.9 Å². The molecule has 4 nitrogen and oxygen atoms in total. The van der Waals surface area contributed by atoms with Crippen molar-refractivity contribution in [2.45, 2.75) is 32.4 Å². The van der Waals surface area contributed by atoms with Crippen LogP contribution in [0.2, 0.25) is 0 Å². The molecule has 1 heterocycles. The van der Waals surface area contributed by atoms with Crippen LogP contribution >= 0.6 is 0 Å². The standard InChI is InChI=1S/C23H21N3O/c1-16-6-8-17(9-7-16)14-26-15-19(21-4-2-3-5-22(21)26)12-18(13-24)23(27)25-20-10-11-20/h2-9,12,15,20H,10-11,14H2,1H3,(H,25,27)/b18-12+. The van der Waals surface area contributed by atoms with Gasteiger partial charge in [-0.15, -0.1) is 0 Å². The molecule has 0 spiro atoms. The van der Waals surface area contributed by atoms with Crippen molar-refractivity contribution in [3.63, 3.8) is 0 Å². The first-order valence-corrected chi connectivity index (χ1v) is 9.20. The molecule has 0 bridgehead atoms. The van der Waals surface area contributed by atoms with Crippen molar-refractivity contribution in [3.05, 3.63) is 77.0 Å². The highest BCUT2D eigenvalue weighted by atomic mass is 16.1. The van der Waals surface area contributed by atoms with Crippen molar-refractivity contribution in [1.29, 1.82) is 5.26 Å². The summed E-state index contributed by atoms with van der Waals surface area (Å²) in [5.41, 5.74) is 4.58. The molecule has 0 aliphatic heterocycles. The minimum absolute atomic E-state index is 0.153. The Kier molecular flexibility index (Phi) is 4.52. The summed E-state index contributed by atoms with van der Waals surface area (Å²) in [5, 5.41) is 13.4. The SMILES string of the molecule is Cc1ccc(Cn2cc(/C=C(\C#N)C(=O)NC3CC3)c3ccccc32)cc1. The number of carbonyl (C=O) groups excluding carboxylic acids is 1. The molecule has 0 unspecified atom stereocenters. The fourth-order valence-corrected chi connectivity index (χ4v) is 3.21. The molecule has 3 aromatic rings. The Morgan fingerprint density at radius 1 is 1.22 bits per heavy atom. The molecule has 27 heavy (non-hydrogen) atoms. The predicted octanol–water partition coefficient (Wildman–Crippen LogP) is 4.18. The molecule has 4 heteroatoms. The normalized spacial score (nSPS) is 14.1. The van der Waals surface area contributed by atoms with E-state index in [2.05, 4.69) is 53.2 Å². The summed E-state index contributed by atoms with van der Waals surface area (Å²) >= 11 is 0. The third-order valence-corrected chi connectivity index (χ3v) is 4.87. The number of fused-ring (bicyclic) bond motifs is 1. The number of nitriles is 1. The number of benzene rings is 2. The summed E-state index contributed by atoms with van der Waals surface area (Å²) in [5.74, 6) is -0.282. The van der Waals surface area contributed by atoms with Crippen molar-refractivity contribution in [2.24, 2.45) is 0 Å². The fraction of sp³-hybridized carbons (Fsp3) is 0.217. The highest BCUT2D eigenvalue weighted by molar-refractivity contribution is 6.04. The quantitative estimate of drug-likeness (QED) is 0.551. The van der Waals surface area contributed by atoms with Crippen LogP contribution in [0.15, 0.2) is 60.3 Å². The van der Waals surface area contributed by atoms with Gasteiger partial charge in [-0.25, -0.2) is 0 Å². The Hall–Kier alpha value is -3.32. The van der Waals surface area contributed by atoms with E-state index in [1.165, 1.54) is 11.1 Å². The number of amides is 1. The average molecular weight is 355 g/mol. The number of hydrogen-bond donors (Lipinski definition) is 1. The molecular weight excluding hydrogens is 334 g/mol. The molecule has 1 amide bonds. The number of aromatic nitrogens is 1. The first-order chi connectivity index (χ1) is 13.1. The van der Waals surface area contributed by atoms with Crippen LogP contribution in [0.5, 0.6) is 0 Å². The zero-order valence-corrected chi connectivity index (χ0v) is 15.3. The van der Waals surface area contributed by atoms with Gasteiger partial charge in [-0.05, 0) is 37.5 Å². The Balaban J connectivity index is 1.70. The Bertz CT molecular complexity index is 1060. The van der Waals surface area contributed by atoms with Gasteiger partial charge in [0.05, 0.1) is 0 Å². The van der Waals surface area contributed by atoms with Crippen LogP contribution in [0.1, 0.15) is 29.5 Å². The molecular formula is C23H21N3O. The lowest BCUT2D eigenvalue weighted by Gasteiger charge is -2.06. The maximum absolute atomic E-state index is 12.3. The van der Waals surface area contributed by atoms with Gasteiger partial charge in [0, 0.05) is 35.2 Å². The van der Waals surface area contributed by atoms with Gasteiger partial charge in [0.2, 0.25) is 0 Å². The van der Waals surface area contributed by atoms with Crippen molar-refractivity contribution in [3.8, 4) is 6.07 Å². The second-order valence-electron chi connectivity index (χ2n) is 7.13. The Morgan fingerprint density at radius 3 is 2.67 bits per heavy atom. The van der Waals surface area contributed by atoms with Gasteiger partial charge in [0.1, 0.15) is 11.6 Å². The molecule has 1 aromatic heterocycles. The molecule has 4 rings (SSSR count). The van der Waals surface area contributed by atoms with Crippen LogP contribution in [0.3, 0.4) is 0 Å². The second kappa shape index (κ2) is 7.13. The number of hydrogen-bond acceptors (Lipinski definition) is 2. The summed E-state index contributed by atoms with van der Waals surface area (Å²) in [6.07, 6.45) is 5.72. The molecule has 1 aliphatic carbocycles. The smallest absolute Gasteiger partial charge is 0.262 e. The van der Waals surface area contributed by atoms with Gasteiger partial charge in [0.15, 0.2) is 0 Å². The number of para-hydroxylation sites is 1. The predicted molar refractivity (Wildman–Crippen MR) is 107 cm³/mol. The lowest BCUT2D eigenvalue weighted by molar-refractivity contribution is -0.117. The van der Waals surface area contributed by atoms with Crippen LogP contribution in [-0.2, 0) is 11.3 Å². The first-order valence-electron chi connectivity index (χ1n) is 9.20. The van der Waals surface area contributed by atoms with E-state index in [-0.39, 0.29) is 17.5 Å². The molecule has 134 valence electrons. The molecule has 2 aromatic carbocycles. The van der Waals surface area contributed by atoms with Crippen LogP contribution in [0.4, 0.5) is 0 Å². The van der Waals surface area contributed by atoms with E-state index in [1.807, 2.05) is 24.4 Å². The molecule has 0 saturated heterocycles. The highest BCUT2D eigenvalue weighted by Gasteiger charge is 2.24. The Morgan fingerprint density at radius 2 is 1.96 bits per heavy atom. The zero-order valence-electron chi connectivity index (χ0n) is 15.3. The minimum Gasteiger partial charge on any atom is -0.349 e.